The number of hydrogen-bond acceptors (Lipinski definition) is 2. The molecule has 78 valence electrons. The number of hydrogen-bond donors (Lipinski definition) is 1. The molecule has 0 aromatic carbocycles. The van der Waals surface area contributed by atoms with E-state index < -0.39 is 0 Å². The average Bonchev–Trinajstić information content (AvgIpc) is 3.05. The Labute approximate surface area is 96.6 Å². The molecule has 1 saturated carbocycles. The van der Waals surface area contributed by atoms with E-state index in [1.807, 2.05) is 7.05 Å². The van der Waals surface area contributed by atoms with Crippen LogP contribution < -0.4 is 5.32 Å². The zero-order valence-corrected chi connectivity index (χ0v) is 10.1. The molecular weight excluding hydrogens is 254 g/mol. The second-order valence-electron chi connectivity index (χ2n) is 3.96. The smallest absolute Gasteiger partial charge is 0.132 e. The summed E-state index contributed by atoms with van der Waals surface area (Å²) in [6.07, 6.45) is 4.64. The van der Waals surface area contributed by atoms with Crippen molar-refractivity contribution in [1.29, 1.82) is 0 Å². The quantitative estimate of drug-likeness (QED) is 0.905. The third kappa shape index (κ3) is 1.44. The van der Waals surface area contributed by atoms with Gasteiger partial charge in [-0.2, -0.15) is 0 Å². The Morgan fingerprint density at radius 2 is 2.33 bits per heavy atom. The van der Waals surface area contributed by atoms with Crippen LogP contribution in [0.4, 0.5) is 5.69 Å². The molecule has 4 heteroatoms. The van der Waals surface area contributed by atoms with Gasteiger partial charge in [-0.3, -0.25) is 0 Å². The molecule has 0 amide bonds. The molecule has 1 N–H and O–H groups in total. The minimum Gasteiger partial charge on any atom is -0.388 e. The lowest BCUT2D eigenvalue weighted by atomic mass is 10.3. The van der Waals surface area contributed by atoms with Gasteiger partial charge in [-0.1, -0.05) is 0 Å². The summed E-state index contributed by atoms with van der Waals surface area (Å²) in [4.78, 5) is 4.58. The molecule has 3 nitrogen and oxygen atoms in total. The Morgan fingerprint density at radius 1 is 1.53 bits per heavy atom. The van der Waals surface area contributed by atoms with Crippen molar-refractivity contribution in [2.24, 2.45) is 0 Å². The lowest BCUT2D eigenvalue weighted by molar-refractivity contribution is 0.919. The monoisotopic (exact) mass is 265 g/mol. The topological polar surface area (TPSA) is 29.3 Å². The molecule has 2 aromatic heterocycles. The molecule has 0 saturated heterocycles. The van der Waals surface area contributed by atoms with Gasteiger partial charge in [-0.05, 0) is 40.9 Å². The average molecular weight is 266 g/mol. The van der Waals surface area contributed by atoms with Crippen LogP contribution in [-0.4, -0.2) is 16.4 Å². The van der Waals surface area contributed by atoms with Crippen LogP contribution in [0, 0.1) is 0 Å². The normalized spacial score (nSPS) is 15.9. The fraction of sp³-hybridized carbons (Fsp3) is 0.364. The maximum atomic E-state index is 4.58. The molecule has 2 aromatic rings. The fourth-order valence-corrected chi connectivity index (χ4v) is 2.34. The predicted molar refractivity (Wildman–Crippen MR) is 64.4 cm³/mol. The van der Waals surface area contributed by atoms with Crippen molar-refractivity contribution in [2.75, 3.05) is 12.4 Å². The second-order valence-corrected chi connectivity index (χ2v) is 4.71. The molecule has 0 radical (unpaired) electrons. The Kier molecular flexibility index (Phi) is 1.99. The van der Waals surface area contributed by atoms with Gasteiger partial charge in [0.25, 0.3) is 0 Å². The van der Waals surface area contributed by atoms with E-state index in [2.05, 4.69) is 49.0 Å². The number of pyridine rings is 1. The zero-order chi connectivity index (χ0) is 10.4. The summed E-state index contributed by atoms with van der Waals surface area (Å²) in [6, 6.07) is 4.19. The van der Waals surface area contributed by atoms with E-state index in [1.54, 1.807) is 0 Å². The highest BCUT2D eigenvalue weighted by Gasteiger charge is 2.28. The number of nitrogens with zero attached hydrogens (tertiary/aromatic N) is 2. The molecule has 0 unspecified atom stereocenters. The lowest BCUT2D eigenvalue weighted by Gasteiger charge is -2.02. The van der Waals surface area contributed by atoms with Crippen molar-refractivity contribution in [3.05, 3.63) is 28.8 Å². The first-order chi connectivity index (χ1) is 7.29. The van der Waals surface area contributed by atoms with Crippen molar-refractivity contribution in [3.63, 3.8) is 0 Å². The van der Waals surface area contributed by atoms with E-state index >= 15 is 0 Å². The van der Waals surface area contributed by atoms with Gasteiger partial charge in [0.2, 0.25) is 0 Å². The summed E-state index contributed by atoms with van der Waals surface area (Å²) in [5.41, 5.74) is 2.26. The van der Waals surface area contributed by atoms with E-state index in [0.29, 0.717) is 5.92 Å². The van der Waals surface area contributed by atoms with Crippen molar-refractivity contribution < 1.29 is 0 Å². The van der Waals surface area contributed by atoms with Crippen molar-refractivity contribution >= 4 is 27.1 Å². The maximum absolute atomic E-state index is 4.58. The summed E-state index contributed by atoms with van der Waals surface area (Å²) in [6.45, 7) is 0. The molecule has 1 fully saturated rings. The van der Waals surface area contributed by atoms with Crippen molar-refractivity contribution in [3.8, 4) is 0 Å². The second kappa shape index (κ2) is 3.23. The molecule has 0 spiro atoms. The molecule has 2 heterocycles. The minimum absolute atomic E-state index is 0.671. The lowest BCUT2D eigenvalue weighted by Crippen LogP contribution is -1.93. The Balaban J connectivity index is 2.23. The number of fused-ring (bicyclic) bond motifs is 1. The third-order valence-corrected chi connectivity index (χ3v) is 3.44. The van der Waals surface area contributed by atoms with Crippen molar-refractivity contribution in [2.45, 2.75) is 18.8 Å². The van der Waals surface area contributed by atoms with Gasteiger partial charge >= 0.3 is 0 Å². The van der Waals surface area contributed by atoms with Gasteiger partial charge < -0.3 is 9.72 Å². The molecule has 0 bridgehead atoms. The molecule has 1 aliphatic rings. The van der Waals surface area contributed by atoms with Crippen LogP contribution in [0.1, 0.15) is 24.6 Å². The highest BCUT2D eigenvalue weighted by Crippen LogP contribution is 2.40. The van der Waals surface area contributed by atoms with E-state index in [-0.39, 0.29) is 0 Å². The summed E-state index contributed by atoms with van der Waals surface area (Å²) in [5.74, 6) is 1.86. The first kappa shape index (κ1) is 9.21. The number of aromatic nitrogens is 2. The van der Waals surface area contributed by atoms with E-state index in [9.17, 15) is 0 Å². The van der Waals surface area contributed by atoms with Crippen LogP contribution in [-0.2, 0) is 0 Å². The summed E-state index contributed by atoms with van der Waals surface area (Å²) >= 11 is 3.52. The molecule has 15 heavy (non-hydrogen) atoms. The standard InChI is InChI=1S/C11H12BrN3/c1-13-8-4-5-15-9(6-8)10(12)14-11(15)7-2-3-7/h4-7,13H,2-3H2,1H3. The molecular formula is C11H12BrN3. The van der Waals surface area contributed by atoms with Gasteiger partial charge in [0.1, 0.15) is 10.4 Å². The number of rotatable bonds is 2. The van der Waals surface area contributed by atoms with Crippen LogP contribution in [0.5, 0.6) is 0 Å². The van der Waals surface area contributed by atoms with E-state index in [0.717, 1.165) is 15.8 Å². The van der Waals surface area contributed by atoms with Gasteiger partial charge in [0.05, 0.1) is 5.52 Å². The number of halogens is 1. The van der Waals surface area contributed by atoms with Crippen LogP contribution in [0.2, 0.25) is 0 Å². The van der Waals surface area contributed by atoms with Crippen LogP contribution in [0.15, 0.2) is 22.9 Å². The first-order valence-corrected chi connectivity index (χ1v) is 5.94. The van der Waals surface area contributed by atoms with E-state index in [4.69, 9.17) is 0 Å². The Morgan fingerprint density at radius 3 is 3.00 bits per heavy atom. The van der Waals surface area contributed by atoms with Crippen LogP contribution in [0.25, 0.3) is 5.52 Å². The first-order valence-electron chi connectivity index (χ1n) is 5.15. The number of imidazole rings is 1. The number of nitrogens with one attached hydrogen (secondary N) is 1. The van der Waals surface area contributed by atoms with Gasteiger partial charge in [-0.25, -0.2) is 4.98 Å². The minimum atomic E-state index is 0.671. The molecule has 1 aliphatic carbocycles. The fourth-order valence-electron chi connectivity index (χ4n) is 1.86. The largest absolute Gasteiger partial charge is 0.388 e. The van der Waals surface area contributed by atoms with Gasteiger partial charge in [-0.15, -0.1) is 0 Å². The summed E-state index contributed by atoms with van der Waals surface area (Å²) in [5, 5.41) is 3.14. The summed E-state index contributed by atoms with van der Waals surface area (Å²) in [7, 11) is 1.93. The summed E-state index contributed by atoms with van der Waals surface area (Å²) < 4.78 is 3.13. The maximum Gasteiger partial charge on any atom is 0.132 e. The highest BCUT2D eigenvalue weighted by molar-refractivity contribution is 9.10. The predicted octanol–water partition coefficient (Wildman–Crippen LogP) is 3.02. The molecule has 0 atom stereocenters. The van der Waals surface area contributed by atoms with E-state index in [1.165, 1.54) is 18.7 Å². The van der Waals surface area contributed by atoms with Crippen LogP contribution >= 0.6 is 15.9 Å². The Hall–Kier alpha value is -1.03. The van der Waals surface area contributed by atoms with Crippen LogP contribution in [0.3, 0.4) is 0 Å². The zero-order valence-electron chi connectivity index (χ0n) is 8.50. The number of anilines is 1. The highest BCUT2D eigenvalue weighted by atomic mass is 79.9. The SMILES string of the molecule is CNc1ccn2c(C3CC3)nc(Br)c2c1. The van der Waals surface area contributed by atoms with Gasteiger partial charge in [0.15, 0.2) is 0 Å². The van der Waals surface area contributed by atoms with Crippen molar-refractivity contribution in [1.82, 2.24) is 9.38 Å². The molecule has 0 aliphatic heterocycles. The Bertz CT molecular complexity index is 514. The molecule has 3 rings (SSSR count). The third-order valence-electron chi connectivity index (χ3n) is 2.86. The van der Waals surface area contributed by atoms with Gasteiger partial charge in [0, 0.05) is 24.8 Å².